The summed E-state index contributed by atoms with van der Waals surface area (Å²) in [6, 6.07) is 0. The zero-order valence-electron chi connectivity index (χ0n) is 7.62. The van der Waals surface area contributed by atoms with Crippen LogP contribution in [-0.2, 0) is 23.7 Å². The largest absolute Gasteiger partial charge is 0.787 e. The van der Waals surface area contributed by atoms with Gasteiger partial charge in [0.15, 0.2) is 5.95 Å². The molecule has 6 nitrogen and oxygen atoms in total. The summed E-state index contributed by atoms with van der Waals surface area (Å²) in [6.07, 6.45) is 2.43. The van der Waals surface area contributed by atoms with Gasteiger partial charge in [-0.3, -0.25) is 9.59 Å². The summed E-state index contributed by atoms with van der Waals surface area (Å²) in [6.45, 7) is 2.40. The molecule has 1 rings (SSSR count). The SMILES string of the molecule is CC(=O)OC1=C(OC(C)=O)O[B][NH+]=[C-]1. The molecule has 0 fully saturated rings. The van der Waals surface area contributed by atoms with Gasteiger partial charge in [-0.15, -0.1) is 0 Å². The lowest BCUT2D eigenvalue weighted by Gasteiger charge is -2.19. The van der Waals surface area contributed by atoms with E-state index in [1.807, 2.05) is 0 Å². The van der Waals surface area contributed by atoms with Gasteiger partial charge in [0.25, 0.3) is 5.97 Å². The average Bonchev–Trinajstić information content (AvgIpc) is 2.06. The van der Waals surface area contributed by atoms with Crippen LogP contribution in [0.4, 0.5) is 0 Å². The molecular formula is C7H7BNO5. The molecule has 1 aliphatic rings. The molecule has 73 valence electrons. The van der Waals surface area contributed by atoms with Crippen LogP contribution < -0.4 is 4.90 Å². The molecule has 1 heterocycles. The van der Waals surface area contributed by atoms with E-state index in [-0.39, 0.29) is 11.7 Å². The number of ether oxygens (including phenoxy) is 2. The molecule has 0 bridgehead atoms. The fraction of sp³-hybridized carbons (Fsp3) is 0.286. The second-order valence-electron chi connectivity index (χ2n) is 2.31. The van der Waals surface area contributed by atoms with E-state index in [1.54, 1.807) is 0 Å². The molecule has 0 aromatic carbocycles. The van der Waals surface area contributed by atoms with Crippen LogP contribution in [0.5, 0.6) is 0 Å². The van der Waals surface area contributed by atoms with Crippen LogP contribution in [0.2, 0.25) is 0 Å². The third-order valence-electron chi connectivity index (χ3n) is 1.08. The van der Waals surface area contributed by atoms with Gasteiger partial charge in [0.1, 0.15) is 5.76 Å². The molecule has 0 unspecified atom stereocenters. The monoisotopic (exact) mass is 196 g/mol. The molecular weight excluding hydrogens is 189 g/mol. The van der Waals surface area contributed by atoms with Crippen molar-refractivity contribution in [3.8, 4) is 0 Å². The molecule has 1 N–H and O–H groups in total. The molecule has 7 heteroatoms. The van der Waals surface area contributed by atoms with Gasteiger partial charge in [-0.1, -0.05) is 0 Å². The fourth-order valence-electron chi connectivity index (χ4n) is 0.694. The third kappa shape index (κ3) is 2.93. The highest BCUT2D eigenvalue weighted by Crippen LogP contribution is 2.08. The van der Waals surface area contributed by atoms with Crippen molar-refractivity contribution in [3.05, 3.63) is 11.7 Å². The van der Waals surface area contributed by atoms with Crippen molar-refractivity contribution in [1.29, 1.82) is 0 Å². The van der Waals surface area contributed by atoms with E-state index in [0.717, 1.165) is 7.62 Å². The number of hydrogen-bond acceptors (Lipinski definition) is 5. The van der Waals surface area contributed by atoms with E-state index in [9.17, 15) is 9.59 Å². The van der Waals surface area contributed by atoms with Gasteiger partial charge in [-0.25, -0.2) is 0 Å². The van der Waals surface area contributed by atoms with Gasteiger partial charge in [-0.2, -0.15) is 0 Å². The number of esters is 2. The van der Waals surface area contributed by atoms with Crippen molar-refractivity contribution < 1.29 is 28.6 Å². The highest BCUT2D eigenvalue weighted by atomic mass is 16.7. The number of allylic oxidation sites excluding steroid dienone is 1. The van der Waals surface area contributed by atoms with Crippen molar-refractivity contribution in [2.24, 2.45) is 0 Å². The van der Waals surface area contributed by atoms with E-state index < -0.39 is 11.9 Å². The number of carbonyl (C=O) groups is 2. The first kappa shape index (κ1) is 10.3. The van der Waals surface area contributed by atoms with E-state index in [0.29, 0.717) is 0 Å². The summed E-state index contributed by atoms with van der Waals surface area (Å²) < 4.78 is 14.0. The molecule has 0 saturated carbocycles. The fourth-order valence-corrected chi connectivity index (χ4v) is 0.694. The maximum absolute atomic E-state index is 10.6. The second kappa shape index (κ2) is 4.45. The smallest absolute Gasteiger partial charge is 0.563 e. The zero-order valence-corrected chi connectivity index (χ0v) is 7.62. The van der Waals surface area contributed by atoms with E-state index in [4.69, 9.17) is 4.65 Å². The van der Waals surface area contributed by atoms with Crippen LogP contribution in [0.15, 0.2) is 11.7 Å². The quantitative estimate of drug-likeness (QED) is 0.310. The topological polar surface area (TPSA) is 75.8 Å². The Hall–Kier alpha value is -1.79. The molecule has 1 aliphatic heterocycles. The van der Waals surface area contributed by atoms with Crippen LogP contribution in [0.1, 0.15) is 13.8 Å². The summed E-state index contributed by atoms with van der Waals surface area (Å²) in [5.41, 5.74) is 0. The Balaban J connectivity index is 2.80. The number of rotatable bonds is 2. The van der Waals surface area contributed by atoms with Crippen LogP contribution in [-0.4, -0.2) is 25.8 Å². The normalized spacial score (nSPS) is 14.1. The standard InChI is InChI=1S/C7H7BNO5/c1-4(10)12-6-3-9-8-14-7(6)13-5(2)11/h9H,1-2H3. The molecule has 0 amide bonds. The summed E-state index contributed by atoms with van der Waals surface area (Å²) in [4.78, 5) is 23.6. The molecule has 0 spiro atoms. The molecule has 0 atom stereocenters. The maximum Gasteiger partial charge on any atom is 0.787 e. The number of carbonyl (C=O) groups excluding carboxylic acids is 2. The van der Waals surface area contributed by atoms with Gasteiger partial charge in [0.2, 0.25) is 0 Å². The minimum absolute atomic E-state index is 0.102. The molecule has 0 saturated heterocycles. The van der Waals surface area contributed by atoms with Crippen LogP contribution >= 0.6 is 0 Å². The lowest BCUT2D eigenvalue weighted by molar-refractivity contribution is -0.303. The molecule has 1 radical (unpaired) electrons. The molecule has 14 heavy (non-hydrogen) atoms. The third-order valence-corrected chi connectivity index (χ3v) is 1.08. The Morgan fingerprint density at radius 3 is 2.57 bits per heavy atom. The van der Waals surface area contributed by atoms with Crippen molar-refractivity contribution in [2.75, 3.05) is 0 Å². The van der Waals surface area contributed by atoms with Gasteiger partial charge in [-0.05, 0) is 0 Å². The van der Waals surface area contributed by atoms with Gasteiger partial charge in [0.05, 0.1) is 6.21 Å². The predicted molar refractivity (Wildman–Crippen MR) is 43.4 cm³/mol. The highest BCUT2D eigenvalue weighted by Gasteiger charge is 2.14. The summed E-state index contributed by atoms with van der Waals surface area (Å²) in [5.74, 6) is -1.46. The van der Waals surface area contributed by atoms with Crippen molar-refractivity contribution in [2.45, 2.75) is 13.8 Å². The molecule has 0 aliphatic carbocycles. The van der Waals surface area contributed by atoms with Crippen molar-refractivity contribution >= 4 is 25.8 Å². The maximum atomic E-state index is 10.6. The number of nitrogens with one attached hydrogen (secondary N) is 1. The first-order valence-corrected chi connectivity index (χ1v) is 3.70. The van der Waals surface area contributed by atoms with Crippen molar-refractivity contribution in [3.63, 3.8) is 0 Å². The van der Waals surface area contributed by atoms with Gasteiger partial charge >= 0.3 is 13.6 Å². The Morgan fingerprint density at radius 1 is 1.36 bits per heavy atom. The Labute approximate surface area is 80.8 Å². The highest BCUT2D eigenvalue weighted by molar-refractivity contribution is 6.17. The molecule has 0 aromatic rings. The Kier molecular flexibility index (Phi) is 3.27. The lowest BCUT2D eigenvalue weighted by atomic mass is 10.3. The summed E-state index contributed by atoms with van der Waals surface area (Å²) in [5, 5.41) is 0. The Bertz CT molecular complexity index is 322. The first-order chi connectivity index (χ1) is 6.59. The van der Waals surface area contributed by atoms with Gasteiger partial charge in [0, 0.05) is 13.8 Å². The van der Waals surface area contributed by atoms with Crippen LogP contribution in [0.3, 0.4) is 0 Å². The second-order valence-corrected chi connectivity index (χ2v) is 2.31. The number of hydrogen-bond donors (Lipinski definition) is 1. The van der Waals surface area contributed by atoms with Gasteiger partial charge < -0.3 is 19.0 Å². The first-order valence-electron chi connectivity index (χ1n) is 3.70. The predicted octanol–water partition coefficient (Wildman–Crippen LogP) is -2.13. The van der Waals surface area contributed by atoms with Crippen LogP contribution in [0.25, 0.3) is 0 Å². The van der Waals surface area contributed by atoms with E-state index in [1.165, 1.54) is 13.8 Å². The lowest BCUT2D eigenvalue weighted by Crippen LogP contribution is -2.74. The average molecular weight is 196 g/mol. The summed E-state index contributed by atoms with van der Waals surface area (Å²) in [7, 11) is 1.13. The Morgan fingerprint density at radius 2 is 2.00 bits per heavy atom. The summed E-state index contributed by atoms with van der Waals surface area (Å²) >= 11 is 0. The van der Waals surface area contributed by atoms with Crippen molar-refractivity contribution in [1.82, 2.24) is 0 Å². The molecule has 0 aromatic heterocycles. The van der Waals surface area contributed by atoms with E-state index in [2.05, 4.69) is 20.6 Å². The zero-order chi connectivity index (χ0) is 10.6. The van der Waals surface area contributed by atoms with E-state index >= 15 is 0 Å². The minimum atomic E-state index is -0.582. The minimum Gasteiger partial charge on any atom is -0.563 e. The van der Waals surface area contributed by atoms with Crippen LogP contribution in [0, 0.1) is 0 Å².